The number of benzene rings is 1. The number of hydrogen-bond donors (Lipinski definition) is 0. The van der Waals surface area contributed by atoms with E-state index in [1.807, 2.05) is 12.1 Å². The van der Waals surface area contributed by atoms with Crippen molar-refractivity contribution in [2.45, 2.75) is 26.2 Å². The van der Waals surface area contributed by atoms with Crippen LogP contribution in [0.3, 0.4) is 0 Å². The van der Waals surface area contributed by atoms with Crippen LogP contribution in [-0.4, -0.2) is 0 Å². The lowest BCUT2D eigenvalue weighted by atomic mass is 10.1. The van der Waals surface area contributed by atoms with E-state index in [-0.39, 0.29) is 0 Å². The first kappa shape index (κ1) is 9.60. The van der Waals surface area contributed by atoms with E-state index in [0.717, 1.165) is 17.0 Å². The molecule has 0 N–H and O–H groups in total. The number of hydrogen-bond acceptors (Lipinski definition) is 0. The first-order chi connectivity index (χ1) is 5.74. The first-order valence-electron chi connectivity index (χ1n) is 4.34. The minimum atomic E-state index is 0.781. The number of aryl methyl sites for hydroxylation is 1. The third-order valence-electron chi connectivity index (χ3n) is 1.94. The van der Waals surface area contributed by atoms with Crippen LogP contribution in [-0.2, 0) is 6.42 Å². The molecule has 1 aromatic rings. The summed E-state index contributed by atoms with van der Waals surface area (Å²) >= 11 is 5.93. The van der Waals surface area contributed by atoms with Crippen molar-refractivity contribution in [1.29, 1.82) is 0 Å². The van der Waals surface area contributed by atoms with Gasteiger partial charge >= 0.3 is 0 Å². The molecule has 0 heterocycles. The maximum absolute atomic E-state index is 5.93. The Balaban J connectivity index is 2.69. The van der Waals surface area contributed by atoms with Crippen molar-refractivity contribution < 1.29 is 0 Å². The lowest BCUT2D eigenvalue weighted by Crippen LogP contribution is -1.85. The maximum atomic E-state index is 5.93. The van der Waals surface area contributed by atoms with Gasteiger partial charge < -0.3 is 0 Å². The zero-order chi connectivity index (χ0) is 8.97. The van der Waals surface area contributed by atoms with Gasteiger partial charge in [0, 0.05) is 5.02 Å². The van der Waals surface area contributed by atoms with Crippen molar-refractivity contribution in [3.63, 3.8) is 0 Å². The van der Waals surface area contributed by atoms with E-state index in [2.05, 4.69) is 19.9 Å². The van der Waals surface area contributed by atoms with Gasteiger partial charge in [-0.05, 0) is 37.0 Å². The highest BCUT2D eigenvalue weighted by Gasteiger charge is 1.96. The molecule has 1 radical (unpaired) electrons. The van der Waals surface area contributed by atoms with Crippen molar-refractivity contribution >= 4 is 11.6 Å². The zero-order valence-corrected chi connectivity index (χ0v) is 8.19. The van der Waals surface area contributed by atoms with E-state index in [4.69, 9.17) is 11.6 Å². The van der Waals surface area contributed by atoms with Gasteiger partial charge in [0.25, 0.3) is 0 Å². The molecular formula is C11H14Cl. The molecule has 0 atom stereocenters. The molecule has 12 heavy (non-hydrogen) atoms. The highest BCUT2D eigenvalue weighted by molar-refractivity contribution is 6.31. The Morgan fingerprint density at radius 3 is 2.75 bits per heavy atom. The van der Waals surface area contributed by atoms with Crippen LogP contribution >= 0.6 is 11.6 Å². The van der Waals surface area contributed by atoms with Gasteiger partial charge in [0.1, 0.15) is 0 Å². The summed E-state index contributed by atoms with van der Waals surface area (Å²) in [6.07, 6.45) is 3.58. The fourth-order valence-corrected chi connectivity index (χ4v) is 1.33. The van der Waals surface area contributed by atoms with Gasteiger partial charge in [0.15, 0.2) is 0 Å². The summed E-state index contributed by atoms with van der Waals surface area (Å²) in [4.78, 5) is 0. The Labute approximate surface area is 79.6 Å². The normalized spacial score (nSPS) is 10.2. The quantitative estimate of drug-likeness (QED) is 0.664. The highest BCUT2D eigenvalue weighted by Crippen LogP contribution is 2.17. The summed E-state index contributed by atoms with van der Waals surface area (Å²) in [6.45, 7) is 6.00. The van der Waals surface area contributed by atoms with Crippen molar-refractivity contribution in [2.75, 3.05) is 0 Å². The summed E-state index contributed by atoms with van der Waals surface area (Å²) < 4.78 is 0. The van der Waals surface area contributed by atoms with E-state index < -0.39 is 0 Å². The Bertz CT molecular complexity index is 253. The number of unbranched alkanes of at least 4 members (excludes halogenated alkanes) is 1. The molecule has 0 spiro atoms. The molecule has 0 aromatic heterocycles. The van der Waals surface area contributed by atoms with Crippen LogP contribution in [0.25, 0.3) is 0 Å². The van der Waals surface area contributed by atoms with Gasteiger partial charge in [0.2, 0.25) is 0 Å². The predicted molar refractivity (Wildman–Crippen MR) is 54.5 cm³/mol. The number of halogens is 1. The van der Waals surface area contributed by atoms with Crippen LogP contribution < -0.4 is 0 Å². The summed E-state index contributed by atoms with van der Waals surface area (Å²) in [5.74, 6) is 0. The first-order valence-corrected chi connectivity index (χ1v) is 4.72. The van der Waals surface area contributed by atoms with Crippen LogP contribution in [0.4, 0.5) is 0 Å². The van der Waals surface area contributed by atoms with Gasteiger partial charge in [-0.2, -0.15) is 0 Å². The predicted octanol–water partition coefficient (Wildman–Crippen LogP) is 3.86. The summed E-state index contributed by atoms with van der Waals surface area (Å²) in [5, 5.41) is 0.781. The topological polar surface area (TPSA) is 0 Å². The van der Waals surface area contributed by atoms with Crippen LogP contribution in [0.2, 0.25) is 5.02 Å². The molecule has 0 aliphatic rings. The van der Waals surface area contributed by atoms with Gasteiger partial charge in [-0.3, -0.25) is 0 Å². The van der Waals surface area contributed by atoms with Gasteiger partial charge in [-0.15, -0.1) is 0 Å². The summed E-state index contributed by atoms with van der Waals surface area (Å²) in [6, 6.07) is 6.09. The zero-order valence-electron chi connectivity index (χ0n) is 7.44. The standard InChI is InChI=1S/C11H14Cl/c1-3-4-5-10-7-6-9(2)11(12)8-10/h6-8H,2-5H2,1H3. The van der Waals surface area contributed by atoms with Gasteiger partial charge in [-0.25, -0.2) is 0 Å². The van der Waals surface area contributed by atoms with E-state index in [0.29, 0.717) is 0 Å². The molecule has 1 heteroatoms. The third-order valence-corrected chi connectivity index (χ3v) is 2.29. The van der Waals surface area contributed by atoms with Crippen molar-refractivity contribution in [2.24, 2.45) is 0 Å². The molecule has 0 aliphatic heterocycles. The fraction of sp³-hybridized carbons (Fsp3) is 0.364. The van der Waals surface area contributed by atoms with Crippen LogP contribution in [0.1, 0.15) is 30.9 Å². The average molecular weight is 182 g/mol. The SMILES string of the molecule is [CH2]c1ccc(CCCC)cc1Cl. The van der Waals surface area contributed by atoms with Crippen LogP contribution in [0.15, 0.2) is 18.2 Å². The smallest absolute Gasteiger partial charge is 0.0440 e. The molecule has 65 valence electrons. The Morgan fingerprint density at radius 1 is 1.42 bits per heavy atom. The van der Waals surface area contributed by atoms with Crippen molar-refractivity contribution in [3.05, 3.63) is 41.3 Å². The Morgan fingerprint density at radius 2 is 2.17 bits per heavy atom. The molecule has 0 fully saturated rings. The molecule has 1 rings (SSSR count). The monoisotopic (exact) mass is 181 g/mol. The average Bonchev–Trinajstić information content (AvgIpc) is 2.07. The van der Waals surface area contributed by atoms with Crippen LogP contribution in [0.5, 0.6) is 0 Å². The Hall–Kier alpha value is -0.490. The fourth-order valence-electron chi connectivity index (χ4n) is 1.13. The van der Waals surface area contributed by atoms with E-state index >= 15 is 0 Å². The van der Waals surface area contributed by atoms with Crippen molar-refractivity contribution in [1.82, 2.24) is 0 Å². The van der Waals surface area contributed by atoms with Gasteiger partial charge in [-0.1, -0.05) is 37.1 Å². The van der Waals surface area contributed by atoms with Crippen molar-refractivity contribution in [3.8, 4) is 0 Å². The molecule has 0 amide bonds. The Kier molecular flexibility index (Phi) is 3.61. The number of rotatable bonds is 3. The largest absolute Gasteiger partial charge is 0.0840 e. The van der Waals surface area contributed by atoms with Crippen LogP contribution in [0, 0.1) is 6.92 Å². The second-order valence-corrected chi connectivity index (χ2v) is 3.44. The molecule has 0 aliphatic carbocycles. The minimum Gasteiger partial charge on any atom is -0.0840 e. The third kappa shape index (κ3) is 2.53. The molecular weight excluding hydrogens is 168 g/mol. The summed E-state index contributed by atoms with van der Waals surface area (Å²) in [7, 11) is 0. The minimum absolute atomic E-state index is 0.781. The van der Waals surface area contributed by atoms with E-state index in [1.54, 1.807) is 0 Å². The molecule has 1 aromatic carbocycles. The lowest BCUT2D eigenvalue weighted by molar-refractivity contribution is 0.795. The molecule has 0 saturated heterocycles. The second-order valence-electron chi connectivity index (χ2n) is 3.03. The lowest BCUT2D eigenvalue weighted by Gasteiger charge is -2.02. The molecule has 0 saturated carbocycles. The highest BCUT2D eigenvalue weighted by atomic mass is 35.5. The van der Waals surface area contributed by atoms with E-state index in [9.17, 15) is 0 Å². The molecule has 0 unspecified atom stereocenters. The van der Waals surface area contributed by atoms with Gasteiger partial charge in [0.05, 0.1) is 0 Å². The maximum Gasteiger partial charge on any atom is 0.0440 e. The van der Waals surface area contributed by atoms with E-state index in [1.165, 1.54) is 18.4 Å². The molecule has 0 bridgehead atoms. The second kappa shape index (κ2) is 4.51. The summed E-state index contributed by atoms with van der Waals surface area (Å²) in [5.41, 5.74) is 2.23. The molecule has 0 nitrogen and oxygen atoms in total.